The van der Waals surface area contributed by atoms with Gasteiger partial charge in [-0.3, -0.25) is 0 Å². The van der Waals surface area contributed by atoms with Crippen LogP contribution in [0, 0.1) is 6.92 Å². The molecule has 0 radical (unpaired) electrons. The molecule has 0 aliphatic carbocycles. The highest BCUT2D eigenvalue weighted by atomic mass is 35.5. The Morgan fingerprint density at radius 1 is 1.03 bits per heavy atom. The summed E-state index contributed by atoms with van der Waals surface area (Å²) in [4.78, 5) is 12.2. The average molecular weight is 434 g/mol. The van der Waals surface area contributed by atoms with Crippen LogP contribution >= 0.6 is 11.6 Å². The van der Waals surface area contributed by atoms with Crippen molar-refractivity contribution in [2.45, 2.75) is 39.3 Å². The van der Waals surface area contributed by atoms with Crippen LogP contribution in [0.15, 0.2) is 40.8 Å². The Kier molecular flexibility index (Phi) is 4.69. The van der Waals surface area contributed by atoms with Gasteiger partial charge in [-0.25, -0.2) is 9.97 Å². The number of aryl methyl sites for hydroxylation is 1. The van der Waals surface area contributed by atoms with Gasteiger partial charge in [0.15, 0.2) is 11.7 Å². The van der Waals surface area contributed by atoms with Crippen LogP contribution in [0.3, 0.4) is 0 Å². The molecule has 0 saturated carbocycles. The number of alkyl halides is 3. The third-order valence-corrected chi connectivity index (χ3v) is 5.03. The van der Waals surface area contributed by atoms with E-state index in [-0.39, 0.29) is 16.0 Å². The second-order valence-electron chi connectivity index (χ2n) is 8.16. The lowest BCUT2D eigenvalue weighted by molar-refractivity contribution is -0.137. The summed E-state index contributed by atoms with van der Waals surface area (Å²) in [5.41, 5.74) is 0.928. The van der Waals surface area contributed by atoms with E-state index < -0.39 is 11.7 Å². The van der Waals surface area contributed by atoms with Crippen LogP contribution in [0.2, 0.25) is 5.02 Å². The Morgan fingerprint density at radius 3 is 2.37 bits per heavy atom. The zero-order valence-corrected chi connectivity index (χ0v) is 17.5. The van der Waals surface area contributed by atoms with Crippen molar-refractivity contribution < 1.29 is 17.6 Å². The molecule has 0 fully saturated rings. The van der Waals surface area contributed by atoms with E-state index in [0.717, 1.165) is 6.07 Å². The highest BCUT2D eigenvalue weighted by Crippen LogP contribution is 2.39. The smallest absolute Gasteiger partial charge is 0.417 e. The molecule has 0 unspecified atom stereocenters. The first-order valence-electron chi connectivity index (χ1n) is 9.29. The molecule has 0 aliphatic rings. The van der Waals surface area contributed by atoms with Crippen LogP contribution in [-0.2, 0) is 11.6 Å². The molecule has 8 heteroatoms. The third-order valence-electron chi connectivity index (χ3n) is 4.75. The van der Waals surface area contributed by atoms with Crippen molar-refractivity contribution in [3.05, 3.63) is 58.6 Å². The van der Waals surface area contributed by atoms with Crippen LogP contribution in [0.5, 0.6) is 0 Å². The lowest BCUT2D eigenvalue weighted by Gasteiger charge is -2.13. The zero-order chi connectivity index (χ0) is 21.8. The van der Waals surface area contributed by atoms with E-state index >= 15 is 0 Å². The first kappa shape index (κ1) is 20.5. The maximum Gasteiger partial charge on any atom is 0.417 e. The molecule has 0 amide bonds. The summed E-state index contributed by atoms with van der Waals surface area (Å²) in [7, 11) is 0. The summed E-state index contributed by atoms with van der Waals surface area (Å²) in [6, 6.07) is 8.51. The van der Waals surface area contributed by atoms with E-state index in [1.165, 1.54) is 18.2 Å². The van der Waals surface area contributed by atoms with E-state index in [2.05, 4.69) is 15.0 Å². The number of hydrogen-bond donors (Lipinski definition) is 1. The first-order chi connectivity index (χ1) is 13.9. The molecule has 2 aromatic carbocycles. The largest absolute Gasteiger partial charge is 0.445 e. The van der Waals surface area contributed by atoms with Crippen molar-refractivity contribution in [3.8, 4) is 22.6 Å². The molecule has 4 aromatic rings. The number of rotatable bonds is 2. The van der Waals surface area contributed by atoms with Crippen molar-refractivity contribution in [3.63, 3.8) is 0 Å². The Bertz CT molecular complexity index is 1250. The Hall–Kier alpha value is -2.80. The molecule has 4 nitrogen and oxygen atoms in total. The Balaban J connectivity index is 1.86. The van der Waals surface area contributed by atoms with Gasteiger partial charge in [-0.2, -0.15) is 13.2 Å². The molecule has 0 spiro atoms. The summed E-state index contributed by atoms with van der Waals surface area (Å²) in [5.74, 6) is 1.61. The van der Waals surface area contributed by atoms with Crippen LogP contribution < -0.4 is 0 Å². The lowest BCUT2D eigenvalue weighted by atomic mass is 9.97. The van der Waals surface area contributed by atoms with E-state index in [4.69, 9.17) is 16.0 Å². The predicted molar refractivity (Wildman–Crippen MR) is 110 cm³/mol. The quantitative estimate of drug-likeness (QED) is 0.364. The second kappa shape index (κ2) is 6.87. The number of aromatic amines is 1. The van der Waals surface area contributed by atoms with Crippen molar-refractivity contribution in [1.82, 2.24) is 15.0 Å². The number of nitrogens with one attached hydrogen (secondary N) is 1. The van der Waals surface area contributed by atoms with Crippen LogP contribution in [0.4, 0.5) is 13.2 Å². The summed E-state index contributed by atoms with van der Waals surface area (Å²) in [5, 5.41) is 0.249. The van der Waals surface area contributed by atoms with E-state index in [9.17, 15) is 13.2 Å². The topological polar surface area (TPSA) is 54.7 Å². The highest BCUT2D eigenvalue weighted by Gasteiger charge is 2.33. The third kappa shape index (κ3) is 3.58. The number of halogens is 4. The highest BCUT2D eigenvalue weighted by molar-refractivity contribution is 6.35. The minimum atomic E-state index is -4.47. The number of imidazole rings is 1. The number of H-pyrrole nitrogens is 1. The zero-order valence-electron chi connectivity index (χ0n) is 16.8. The fourth-order valence-electron chi connectivity index (χ4n) is 3.26. The number of oxazole rings is 1. The molecule has 0 saturated heterocycles. The molecule has 2 aromatic heterocycles. The van der Waals surface area contributed by atoms with Gasteiger partial charge in [-0.15, -0.1) is 0 Å². The van der Waals surface area contributed by atoms with Crippen molar-refractivity contribution in [2.24, 2.45) is 0 Å². The molecule has 0 atom stereocenters. The monoisotopic (exact) mass is 433 g/mol. The number of fused-ring (bicyclic) bond motifs is 1. The minimum absolute atomic E-state index is 0.0533. The summed E-state index contributed by atoms with van der Waals surface area (Å²) < 4.78 is 46.1. The number of benzene rings is 2. The Labute approximate surface area is 176 Å². The molecule has 30 heavy (non-hydrogen) atoms. The number of aromatic nitrogens is 3. The second-order valence-corrected chi connectivity index (χ2v) is 8.56. The summed E-state index contributed by atoms with van der Waals surface area (Å²) in [6.45, 7) is 7.75. The molecule has 156 valence electrons. The molecule has 2 heterocycles. The minimum Gasteiger partial charge on any atom is -0.445 e. The lowest BCUT2D eigenvalue weighted by Crippen LogP contribution is -2.11. The van der Waals surface area contributed by atoms with Crippen molar-refractivity contribution in [1.29, 1.82) is 0 Å². The van der Waals surface area contributed by atoms with Gasteiger partial charge in [0.2, 0.25) is 0 Å². The average Bonchev–Trinajstić information content (AvgIpc) is 3.24. The van der Waals surface area contributed by atoms with Gasteiger partial charge in [-0.1, -0.05) is 50.6 Å². The van der Waals surface area contributed by atoms with Gasteiger partial charge in [0.1, 0.15) is 17.0 Å². The summed E-state index contributed by atoms with van der Waals surface area (Å²) >= 11 is 6.39. The van der Waals surface area contributed by atoms with Gasteiger partial charge in [0.05, 0.1) is 16.1 Å². The maximum absolute atomic E-state index is 13.4. The van der Waals surface area contributed by atoms with E-state index in [1.807, 2.05) is 20.8 Å². The molecule has 0 bridgehead atoms. The Morgan fingerprint density at radius 2 is 1.73 bits per heavy atom. The molecule has 1 N–H and O–H groups in total. The van der Waals surface area contributed by atoms with Gasteiger partial charge in [-0.05, 0) is 36.2 Å². The van der Waals surface area contributed by atoms with Gasteiger partial charge in [0, 0.05) is 5.41 Å². The fraction of sp³-hybridized carbons (Fsp3) is 0.273. The number of nitrogens with zero attached hydrogens (tertiary/aromatic N) is 2. The number of hydrogen-bond acceptors (Lipinski definition) is 3. The molecular weight excluding hydrogens is 415 g/mol. The first-order valence-corrected chi connectivity index (χ1v) is 9.67. The maximum atomic E-state index is 13.4. The van der Waals surface area contributed by atoms with Gasteiger partial charge < -0.3 is 9.40 Å². The standard InChI is InChI=1S/C22H19ClF3N3O/c1-11-17(29-20(30-11)21(2,3)4)19-27-16-10-12(9-15(23)18(16)28-19)13-7-5-6-8-14(13)22(24,25)26/h5-10H,1-4H3,(H,27,28). The SMILES string of the molecule is Cc1oc(C(C)(C)C)nc1-c1nc2c(Cl)cc(-c3ccccc3C(F)(F)F)cc2[nH]1. The van der Waals surface area contributed by atoms with Crippen molar-refractivity contribution in [2.75, 3.05) is 0 Å². The fourth-order valence-corrected chi connectivity index (χ4v) is 3.52. The molecule has 0 aliphatic heterocycles. The van der Waals surface area contributed by atoms with E-state index in [0.29, 0.717) is 39.8 Å². The summed E-state index contributed by atoms with van der Waals surface area (Å²) in [6.07, 6.45) is -4.47. The van der Waals surface area contributed by atoms with Crippen LogP contribution in [0.25, 0.3) is 33.7 Å². The van der Waals surface area contributed by atoms with Crippen molar-refractivity contribution >= 4 is 22.6 Å². The molecule has 4 rings (SSSR count). The van der Waals surface area contributed by atoms with Gasteiger partial charge >= 0.3 is 6.18 Å². The normalized spacial score (nSPS) is 12.7. The molecular formula is C22H19ClF3N3O. The van der Waals surface area contributed by atoms with Crippen LogP contribution in [0.1, 0.15) is 38.0 Å². The predicted octanol–water partition coefficient (Wildman–Crippen LogP) is 7.16. The van der Waals surface area contributed by atoms with Gasteiger partial charge in [0.25, 0.3) is 0 Å². The van der Waals surface area contributed by atoms with E-state index in [1.54, 1.807) is 19.1 Å². The van der Waals surface area contributed by atoms with Crippen LogP contribution in [-0.4, -0.2) is 15.0 Å².